The van der Waals surface area contributed by atoms with Crippen molar-refractivity contribution in [3.63, 3.8) is 0 Å². The van der Waals surface area contributed by atoms with Crippen molar-refractivity contribution in [3.05, 3.63) is 72.9 Å². The zero-order chi connectivity index (χ0) is 57.2. The van der Waals surface area contributed by atoms with Gasteiger partial charge in [-0.2, -0.15) is 0 Å². The third-order valence-electron chi connectivity index (χ3n) is 14.4. The Morgan fingerprint density at radius 3 is 1.22 bits per heavy atom. The molecule has 3 unspecified atom stereocenters. The van der Waals surface area contributed by atoms with Crippen LogP contribution in [-0.2, 0) is 27.9 Å². The van der Waals surface area contributed by atoms with E-state index >= 15 is 0 Å². The summed E-state index contributed by atoms with van der Waals surface area (Å²) in [5.74, 6) is -0.523. The number of phosphoric ester groups is 1. The third-order valence-corrected chi connectivity index (χ3v) is 15.4. The first-order valence-corrected chi connectivity index (χ1v) is 34.3. The summed E-state index contributed by atoms with van der Waals surface area (Å²) in [5, 5.41) is 3.05. The lowest BCUT2D eigenvalue weighted by Crippen LogP contribution is -2.47. The maximum Gasteiger partial charge on any atom is 0.472 e. The topological polar surface area (TPSA) is 111 Å². The molecule has 0 heterocycles. The number of hydrogen-bond acceptors (Lipinski definition) is 6. The Balaban J connectivity index is 5.07. The normalized spacial score (nSPS) is 14.1. The molecule has 0 spiro atoms. The van der Waals surface area contributed by atoms with Crippen molar-refractivity contribution in [3.8, 4) is 0 Å². The number of nitrogens with one attached hydrogen (secondary N) is 1. The maximum absolute atomic E-state index is 13.5. The van der Waals surface area contributed by atoms with Gasteiger partial charge in [0.2, 0.25) is 5.91 Å². The van der Waals surface area contributed by atoms with Crippen molar-refractivity contribution in [1.82, 2.24) is 5.32 Å². The number of allylic oxidation sites excluding steroid dienone is 11. The van der Waals surface area contributed by atoms with Crippen LogP contribution >= 0.6 is 7.82 Å². The molecular formula is C68H126N2O7P+. The van der Waals surface area contributed by atoms with Crippen molar-refractivity contribution in [2.75, 3.05) is 40.9 Å². The van der Waals surface area contributed by atoms with Gasteiger partial charge in [0, 0.05) is 12.8 Å². The molecule has 0 aromatic rings. The first kappa shape index (κ1) is 75.5. The van der Waals surface area contributed by atoms with Gasteiger partial charge in [-0.25, -0.2) is 4.57 Å². The van der Waals surface area contributed by atoms with Crippen LogP contribution in [0.4, 0.5) is 0 Å². The fourth-order valence-corrected chi connectivity index (χ4v) is 10.0. The van der Waals surface area contributed by atoms with Crippen LogP contribution in [0.3, 0.4) is 0 Å². The summed E-state index contributed by atoms with van der Waals surface area (Å²) in [7, 11) is 1.49. The van der Waals surface area contributed by atoms with Gasteiger partial charge in [0.25, 0.3) is 0 Å². The van der Waals surface area contributed by atoms with E-state index in [0.717, 1.165) is 89.9 Å². The minimum atomic E-state index is -4.45. The molecule has 0 aromatic heterocycles. The van der Waals surface area contributed by atoms with Gasteiger partial charge in [-0.15, -0.1) is 0 Å². The molecule has 3 atom stereocenters. The molecule has 0 radical (unpaired) electrons. The SMILES string of the molecule is CCCCC/C=C\C/C=C\C/C=C\C/C=C\CCCCCCCCCCCCCC(=O)OC(/C=C\CCCCCCCCCCCC)C(COP(=O)(O)OCC[N+](C)(C)C)NC(=O)CCCCC/C=C\CCCCCCCC. The lowest BCUT2D eigenvalue weighted by atomic mass is 10.0. The second-order valence-corrected chi connectivity index (χ2v) is 24.7. The van der Waals surface area contributed by atoms with E-state index in [2.05, 4.69) is 86.8 Å². The zero-order valence-electron chi connectivity index (χ0n) is 51.9. The summed E-state index contributed by atoms with van der Waals surface area (Å²) >= 11 is 0. The molecule has 0 saturated carbocycles. The number of carbonyl (C=O) groups is 2. The largest absolute Gasteiger partial charge is 0.472 e. The standard InChI is InChI=1S/C68H125N2O7P/c1-7-10-13-16-19-22-25-28-29-30-31-32-33-34-35-36-37-38-39-40-41-43-46-49-52-55-58-61-68(72)77-66(59-56-53-50-47-44-27-24-21-18-15-12-9-3)65(64-76-78(73,74)75-63-62-70(4,5)6)69-67(71)60-57-54-51-48-45-42-26-23-20-17-14-11-8-2/h19,22,28-29,31-32,34-35,42,45,56,59,65-66H,7-18,20-21,23-27,30,33,36-41,43-44,46-55,57-58,60-64H2,1-6H3,(H-,69,71,73,74)/p+1/b22-19-,29-28-,32-31-,35-34-,45-42-,59-56-. The zero-order valence-corrected chi connectivity index (χ0v) is 52.8. The maximum atomic E-state index is 13.5. The Labute approximate surface area is 483 Å². The van der Waals surface area contributed by atoms with Crippen molar-refractivity contribution < 1.29 is 37.3 Å². The van der Waals surface area contributed by atoms with Crippen LogP contribution in [-0.4, -0.2) is 74.3 Å². The second kappa shape index (κ2) is 57.7. The number of carbonyl (C=O) groups excluding carboxylic acids is 2. The second-order valence-electron chi connectivity index (χ2n) is 23.3. The summed E-state index contributed by atoms with van der Waals surface area (Å²) in [5.41, 5.74) is 0. The molecule has 78 heavy (non-hydrogen) atoms. The Morgan fingerprint density at radius 1 is 0.449 bits per heavy atom. The summed E-state index contributed by atoms with van der Waals surface area (Å²) in [4.78, 5) is 37.7. The number of hydrogen-bond donors (Lipinski definition) is 2. The average molecular weight is 1110 g/mol. The average Bonchev–Trinajstić information content (AvgIpc) is 3.40. The fraction of sp³-hybridized carbons (Fsp3) is 0.794. The van der Waals surface area contributed by atoms with Gasteiger partial charge < -0.3 is 19.4 Å². The predicted octanol–water partition coefficient (Wildman–Crippen LogP) is 20.4. The molecule has 10 heteroatoms. The molecule has 0 fully saturated rings. The minimum absolute atomic E-state index is 0.0357. The van der Waals surface area contributed by atoms with Gasteiger partial charge >= 0.3 is 13.8 Å². The molecule has 0 saturated heterocycles. The molecule has 0 rings (SSSR count). The van der Waals surface area contributed by atoms with Gasteiger partial charge in [0.1, 0.15) is 19.3 Å². The van der Waals surface area contributed by atoms with Crippen LogP contribution in [0.1, 0.15) is 297 Å². The highest BCUT2D eigenvalue weighted by molar-refractivity contribution is 7.47. The number of nitrogens with zero attached hydrogens (tertiary/aromatic N) is 1. The minimum Gasteiger partial charge on any atom is -0.456 e. The van der Waals surface area contributed by atoms with E-state index in [9.17, 15) is 19.0 Å². The van der Waals surface area contributed by atoms with Crippen molar-refractivity contribution >= 4 is 19.7 Å². The first-order chi connectivity index (χ1) is 37.9. The quantitative estimate of drug-likeness (QED) is 0.0205. The first-order valence-electron chi connectivity index (χ1n) is 32.8. The van der Waals surface area contributed by atoms with E-state index < -0.39 is 20.0 Å². The summed E-state index contributed by atoms with van der Waals surface area (Å²) in [6.45, 7) is 6.97. The number of esters is 1. The fourth-order valence-electron chi connectivity index (χ4n) is 9.27. The smallest absolute Gasteiger partial charge is 0.456 e. The number of rotatable bonds is 59. The Bertz CT molecular complexity index is 1570. The molecule has 1 amide bonds. The van der Waals surface area contributed by atoms with Crippen LogP contribution < -0.4 is 5.32 Å². The number of ether oxygens (including phenoxy) is 1. The van der Waals surface area contributed by atoms with Crippen LogP contribution in [0, 0.1) is 0 Å². The monoisotopic (exact) mass is 1110 g/mol. The number of amides is 1. The van der Waals surface area contributed by atoms with E-state index in [4.69, 9.17) is 13.8 Å². The summed E-state index contributed by atoms with van der Waals surface area (Å²) in [6.07, 6.45) is 74.8. The van der Waals surface area contributed by atoms with E-state index in [1.807, 2.05) is 33.3 Å². The van der Waals surface area contributed by atoms with E-state index in [1.54, 1.807) is 0 Å². The number of phosphoric acid groups is 1. The molecule has 2 N–H and O–H groups in total. The van der Waals surface area contributed by atoms with Crippen LogP contribution in [0.15, 0.2) is 72.9 Å². The highest BCUT2D eigenvalue weighted by Gasteiger charge is 2.30. The van der Waals surface area contributed by atoms with Crippen molar-refractivity contribution in [2.45, 2.75) is 309 Å². The molecule has 0 aliphatic rings. The molecule has 0 aliphatic heterocycles. The Morgan fingerprint density at radius 2 is 0.782 bits per heavy atom. The predicted molar refractivity (Wildman–Crippen MR) is 337 cm³/mol. The molecule has 454 valence electrons. The highest BCUT2D eigenvalue weighted by atomic mass is 31.2. The summed E-state index contributed by atoms with van der Waals surface area (Å²) in [6, 6.07) is -0.858. The highest BCUT2D eigenvalue weighted by Crippen LogP contribution is 2.43. The lowest BCUT2D eigenvalue weighted by molar-refractivity contribution is -0.870. The third kappa shape index (κ3) is 58.1. The van der Waals surface area contributed by atoms with Crippen LogP contribution in [0.5, 0.6) is 0 Å². The number of likely N-dealkylation sites (N-methyl/N-ethyl adjacent to an activating group) is 1. The number of unbranched alkanes of at least 4 members (excludes halogenated alkanes) is 33. The van der Waals surface area contributed by atoms with E-state index in [0.29, 0.717) is 17.4 Å². The molecular weight excluding hydrogens is 988 g/mol. The lowest BCUT2D eigenvalue weighted by Gasteiger charge is -2.27. The Kier molecular flexibility index (Phi) is 55.8. The van der Waals surface area contributed by atoms with Crippen molar-refractivity contribution in [1.29, 1.82) is 0 Å². The molecule has 0 aliphatic carbocycles. The van der Waals surface area contributed by atoms with Gasteiger partial charge in [-0.3, -0.25) is 18.6 Å². The van der Waals surface area contributed by atoms with Gasteiger partial charge in [0.15, 0.2) is 0 Å². The van der Waals surface area contributed by atoms with Gasteiger partial charge in [-0.1, -0.05) is 255 Å². The Hall–Kier alpha value is -2.55. The number of quaternary nitrogens is 1. The van der Waals surface area contributed by atoms with Crippen LogP contribution in [0.25, 0.3) is 0 Å². The van der Waals surface area contributed by atoms with E-state index in [-0.39, 0.29) is 31.5 Å². The van der Waals surface area contributed by atoms with Gasteiger partial charge in [-0.05, 0) is 102 Å². The molecule has 0 bridgehead atoms. The van der Waals surface area contributed by atoms with Crippen molar-refractivity contribution in [2.24, 2.45) is 0 Å². The molecule has 9 nitrogen and oxygen atoms in total. The summed E-state index contributed by atoms with van der Waals surface area (Å²) < 4.78 is 30.7. The van der Waals surface area contributed by atoms with Gasteiger partial charge in [0.05, 0.1) is 33.8 Å². The van der Waals surface area contributed by atoms with E-state index in [1.165, 1.54) is 173 Å². The molecule has 0 aromatic carbocycles. The van der Waals surface area contributed by atoms with Crippen LogP contribution in [0.2, 0.25) is 0 Å².